The number of piperidine rings is 1. The molecule has 19 heavy (non-hydrogen) atoms. The molecule has 0 aromatic rings. The minimum Gasteiger partial charge on any atom is -0.319 e. The van der Waals surface area contributed by atoms with Gasteiger partial charge in [0.25, 0.3) is 10.2 Å². The molecule has 1 aliphatic rings. The molecule has 1 saturated heterocycles. The summed E-state index contributed by atoms with van der Waals surface area (Å²) < 4.78 is 28.0. The number of nitrogens with zero attached hydrogens (tertiary/aromatic N) is 2. The van der Waals surface area contributed by atoms with E-state index in [0.29, 0.717) is 25.6 Å². The van der Waals surface area contributed by atoms with Crippen molar-refractivity contribution in [2.24, 2.45) is 11.3 Å². The molecule has 0 atom stereocenters. The first kappa shape index (κ1) is 16.9. The van der Waals surface area contributed by atoms with Gasteiger partial charge in [-0.05, 0) is 37.8 Å². The van der Waals surface area contributed by atoms with Gasteiger partial charge in [-0.25, -0.2) is 0 Å². The van der Waals surface area contributed by atoms with Gasteiger partial charge < -0.3 is 5.32 Å². The van der Waals surface area contributed by atoms with Gasteiger partial charge in [-0.2, -0.15) is 17.0 Å². The summed E-state index contributed by atoms with van der Waals surface area (Å²) in [5.41, 5.74) is -0.0216. The second kappa shape index (κ2) is 6.52. The SMILES string of the molecule is CNCC1CCN(S(=O)(=O)N(C)CC(C)(C)C)CC1. The minimum atomic E-state index is -3.29. The highest BCUT2D eigenvalue weighted by molar-refractivity contribution is 7.86. The van der Waals surface area contributed by atoms with Gasteiger partial charge in [0, 0.05) is 26.7 Å². The lowest BCUT2D eigenvalue weighted by Gasteiger charge is -2.35. The quantitative estimate of drug-likeness (QED) is 0.826. The summed E-state index contributed by atoms with van der Waals surface area (Å²) >= 11 is 0. The Hall–Kier alpha value is -0.170. The van der Waals surface area contributed by atoms with Crippen LogP contribution in [0.1, 0.15) is 33.6 Å². The molecule has 114 valence electrons. The summed E-state index contributed by atoms with van der Waals surface area (Å²) in [6.45, 7) is 8.97. The molecule has 0 bridgehead atoms. The zero-order valence-electron chi connectivity index (χ0n) is 12.9. The third kappa shape index (κ3) is 5.02. The summed E-state index contributed by atoms with van der Waals surface area (Å²) in [5.74, 6) is 0.601. The smallest absolute Gasteiger partial charge is 0.281 e. The van der Waals surface area contributed by atoms with Crippen molar-refractivity contribution >= 4 is 10.2 Å². The molecule has 0 aliphatic carbocycles. The summed E-state index contributed by atoms with van der Waals surface area (Å²) in [4.78, 5) is 0. The third-order valence-electron chi connectivity index (χ3n) is 3.48. The predicted molar refractivity (Wildman–Crippen MR) is 79.2 cm³/mol. The molecule has 0 spiro atoms. The number of nitrogens with one attached hydrogen (secondary N) is 1. The van der Waals surface area contributed by atoms with E-state index in [2.05, 4.69) is 26.1 Å². The first-order valence-electron chi connectivity index (χ1n) is 7.03. The highest BCUT2D eigenvalue weighted by Gasteiger charge is 2.32. The van der Waals surface area contributed by atoms with E-state index >= 15 is 0 Å². The lowest BCUT2D eigenvalue weighted by Crippen LogP contribution is -2.48. The van der Waals surface area contributed by atoms with Crippen LogP contribution in [0.25, 0.3) is 0 Å². The van der Waals surface area contributed by atoms with Crippen molar-refractivity contribution in [3.63, 3.8) is 0 Å². The molecule has 0 unspecified atom stereocenters. The van der Waals surface area contributed by atoms with E-state index in [9.17, 15) is 8.42 Å². The van der Waals surface area contributed by atoms with Gasteiger partial charge in [0.1, 0.15) is 0 Å². The summed E-state index contributed by atoms with van der Waals surface area (Å²) in [5, 5.41) is 3.17. The standard InChI is InChI=1S/C13H29N3O2S/c1-13(2,3)11-15(5)19(17,18)16-8-6-12(7-9-16)10-14-4/h12,14H,6-11H2,1-5H3. The normalized spacial score (nSPS) is 20.1. The molecule has 1 aliphatic heterocycles. The monoisotopic (exact) mass is 291 g/mol. The van der Waals surface area contributed by atoms with Crippen molar-refractivity contribution in [2.75, 3.05) is 40.3 Å². The van der Waals surface area contributed by atoms with E-state index in [-0.39, 0.29) is 5.41 Å². The van der Waals surface area contributed by atoms with E-state index in [0.717, 1.165) is 19.4 Å². The Balaban J connectivity index is 2.60. The first-order chi connectivity index (χ1) is 8.66. The molecular formula is C13H29N3O2S. The van der Waals surface area contributed by atoms with Gasteiger partial charge in [-0.15, -0.1) is 0 Å². The fourth-order valence-corrected chi connectivity index (χ4v) is 4.20. The summed E-state index contributed by atoms with van der Waals surface area (Å²) in [6.07, 6.45) is 1.90. The van der Waals surface area contributed by atoms with Crippen LogP contribution in [0.2, 0.25) is 0 Å². The van der Waals surface area contributed by atoms with Gasteiger partial charge in [0.05, 0.1) is 0 Å². The van der Waals surface area contributed by atoms with Crippen molar-refractivity contribution in [3.8, 4) is 0 Å². The van der Waals surface area contributed by atoms with E-state index in [4.69, 9.17) is 0 Å². The maximum Gasteiger partial charge on any atom is 0.281 e. The summed E-state index contributed by atoms with van der Waals surface area (Å²) in [6, 6.07) is 0. The molecule has 0 radical (unpaired) electrons. The van der Waals surface area contributed by atoms with Crippen LogP contribution in [0.15, 0.2) is 0 Å². The third-order valence-corrected chi connectivity index (χ3v) is 5.42. The first-order valence-corrected chi connectivity index (χ1v) is 8.42. The van der Waals surface area contributed by atoms with Crippen LogP contribution < -0.4 is 5.32 Å². The predicted octanol–water partition coefficient (Wildman–Crippen LogP) is 1.14. The lowest BCUT2D eigenvalue weighted by atomic mass is 9.97. The number of hydrogen-bond acceptors (Lipinski definition) is 3. The van der Waals surface area contributed by atoms with Gasteiger partial charge in [0.15, 0.2) is 0 Å². The molecule has 0 aromatic heterocycles. The fourth-order valence-electron chi connectivity index (χ4n) is 2.58. The van der Waals surface area contributed by atoms with Gasteiger partial charge >= 0.3 is 0 Å². The zero-order chi connectivity index (χ0) is 14.7. The van der Waals surface area contributed by atoms with Crippen LogP contribution in [0, 0.1) is 11.3 Å². The van der Waals surface area contributed by atoms with Gasteiger partial charge in [-0.1, -0.05) is 20.8 Å². The van der Waals surface area contributed by atoms with Crippen LogP contribution in [0.3, 0.4) is 0 Å². The van der Waals surface area contributed by atoms with Crippen LogP contribution in [-0.2, 0) is 10.2 Å². The van der Waals surface area contributed by atoms with E-state index in [1.54, 1.807) is 11.4 Å². The molecule has 1 fully saturated rings. The average Bonchev–Trinajstić information content (AvgIpc) is 2.28. The highest BCUT2D eigenvalue weighted by Crippen LogP contribution is 2.22. The fraction of sp³-hybridized carbons (Fsp3) is 1.00. The molecule has 1 heterocycles. The Morgan fingerprint density at radius 2 is 1.79 bits per heavy atom. The number of rotatable bonds is 5. The molecule has 0 saturated carbocycles. The van der Waals surface area contributed by atoms with Crippen LogP contribution >= 0.6 is 0 Å². The Bertz CT molecular complexity index is 368. The topological polar surface area (TPSA) is 52.7 Å². The molecule has 0 amide bonds. The van der Waals surface area contributed by atoms with Crippen molar-refractivity contribution in [3.05, 3.63) is 0 Å². The van der Waals surface area contributed by atoms with Crippen LogP contribution in [0.5, 0.6) is 0 Å². The van der Waals surface area contributed by atoms with E-state index in [1.807, 2.05) is 7.05 Å². The van der Waals surface area contributed by atoms with Crippen LogP contribution in [-0.4, -0.2) is 57.3 Å². The van der Waals surface area contributed by atoms with Gasteiger partial charge in [0.2, 0.25) is 0 Å². The molecule has 6 heteroatoms. The number of hydrogen-bond donors (Lipinski definition) is 1. The minimum absolute atomic E-state index is 0.0216. The molecule has 1 rings (SSSR count). The Morgan fingerprint density at radius 1 is 1.26 bits per heavy atom. The molecular weight excluding hydrogens is 262 g/mol. The van der Waals surface area contributed by atoms with Crippen molar-refractivity contribution in [1.29, 1.82) is 0 Å². The van der Waals surface area contributed by atoms with Crippen LogP contribution in [0.4, 0.5) is 0 Å². The van der Waals surface area contributed by atoms with E-state index < -0.39 is 10.2 Å². The zero-order valence-corrected chi connectivity index (χ0v) is 13.8. The Kier molecular flexibility index (Phi) is 5.79. The van der Waals surface area contributed by atoms with Crippen molar-refractivity contribution in [2.45, 2.75) is 33.6 Å². The average molecular weight is 291 g/mol. The largest absolute Gasteiger partial charge is 0.319 e. The maximum atomic E-state index is 12.5. The molecule has 1 N–H and O–H groups in total. The maximum absolute atomic E-state index is 12.5. The van der Waals surface area contributed by atoms with Crippen molar-refractivity contribution in [1.82, 2.24) is 13.9 Å². The molecule has 5 nitrogen and oxygen atoms in total. The Morgan fingerprint density at radius 3 is 2.21 bits per heavy atom. The van der Waals surface area contributed by atoms with Gasteiger partial charge in [-0.3, -0.25) is 0 Å². The second-order valence-electron chi connectivity index (χ2n) is 6.72. The van der Waals surface area contributed by atoms with E-state index in [1.165, 1.54) is 4.31 Å². The van der Waals surface area contributed by atoms with Crippen molar-refractivity contribution < 1.29 is 8.42 Å². The second-order valence-corrected chi connectivity index (χ2v) is 8.76. The highest BCUT2D eigenvalue weighted by atomic mass is 32.2. The Labute approximate surface area is 118 Å². The summed E-state index contributed by atoms with van der Waals surface area (Å²) in [7, 11) is 0.338. The lowest BCUT2D eigenvalue weighted by molar-refractivity contribution is 0.241. The molecule has 0 aromatic carbocycles.